The van der Waals surface area contributed by atoms with Gasteiger partial charge in [0.2, 0.25) is 0 Å². The minimum Gasteiger partial charge on any atom is -0.459 e. The molecule has 0 saturated carbocycles. The van der Waals surface area contributed by atoms with E-state index in [9.17, 15) is 4.79 Å². The van der Waals surface area contributed by atoms with Gasteiger partial charge in [0, 0.05) is 0 Å². The number of para-hydroxylation sites is 2. The second kappa shape index (κ2) is 5.83. The maximum Gasteiger partial charge on any atom is 0.287 e. The van der Waals surface area contributed by atoms with Crippen LogP contribution in [0.2, 0.25) is 0 Å². The maximum absolute atomic E-state index is 12.1. The van der Waals surface area contributed by atoms with Crippen molar-refractivity contribution < 1.29 is 9.21 Å². The molecule has 108 valence electrons. The van der Waals surface area contributed by atoms with E-state index in [0.29, 0.717) is 5.76 Å². The van der Waals surface area contributed by atoms with Crippen LogP contribution in [0.1, 0.15) is 42.2 Å². The molecule has 0 unspecified atom stereocenters. The number of H-pyrrole nitrogens is 1. The summed E-state index contributed by atoms with van der Waals surface area (Å²) in [5, 5.41) is 2.97. The van der Waals surface area contributed by atoms with Crippen molar-refractivity contribution in [2.45, 2.75) is 25.8 Å². The molecule has 0 bridgehead atoms. The Labute approximate surface area is 122 Å². The van der Waals surface area contributed by atoms with Gasteiger partial charge in [0.05, 0.1) is 23.3 Å². The van der Waals surface area contributed by atoms with Crippen LogP contribution in [0.25, 0.3) is 11.0 Å². The van der Waals surface area contributed by atoms with Crippen molar-refractivity contribution in [2.24, 2.45) is 0 Å². The topological polar surface area (TPSA) is 70.9 Å². The Morgan fingerprint density at radius 2 is 2.19 bits per heavy atom. The Kier molecular flexibility index (Phi) is 3.73. The lowest BCUT2D eigenvalue weighted by molar-refractivity contribution is 0.0904. The van der Waals surface area contributed by atoms with E-state index in [1.54, 1.807) is 12.1 Å². The number of aromatic amines is 1. The standard InChI is InChI=1S/C16H17N3O2/c1-2-6-13(19-16(20)14-9-5-10-21-14)15-17-11-7-3-4-8-12(11)18-15/h3-5,7-10,13H,2,6H2,1H3,(H,17,18)(H,19,20)/t13-/m0/s1. The van der Waals surface area contributed by atoms with E-state index in [4.69, 9.17) is 4.42 Å². The highest BCUT2D eigenvalue weighted by Crippen LogP contribution is 2.20. The number of aromatic nitrogens is 2. The van der Waals surface area contributed by atoms with Crippen molar-refractivity contribution in [2.75, 3.05) is 0 Å². The van der Waals surface area contributed by atoms with Gasteiger partial charge in [0.1, 0.15) is 5.82 Å². The zero-order chi connectivity index (χ0) is 14.7. The summed E-state index contributed by atoms with van der Waals surface area (Å²) in [6.07, 6.45) is 3.25. The fourth-order valence-electron chi connectivity index (χ4n) is 2.34. The van der Waals surface area contributed by atoms with Gasteiger partial charge in [-0.2, -0.15) is 0 Å². The molecule has 3 aromatic rings. The Hall–Kier alpha value is -2.56. The molecule has 2 aromatic heterocycles. The fraction of sp³-hybridized carbons (Fsp3) is 0.250. The molecule has 2 N–H and O–H groups in total. The highest BCUT2D eigenvalue weighted by molar-refractivity contribution is 5.91. The zero-order valence-electron chi connectivity index (χ0n) is 11.8. The summed E-state index contributed by atoms with van der Waals surface area (Å²) in [6, 6.07) is 11.0. The lowest BCUT2D eigenvalue weighted by Gasteiger charge is -2.14. The van der Waals surface area contributed by atoms with Gasteiger partial charge in [-0.05, 0) is 30.7 Å². The van der Waals surface area contributed by atoms with Crippen molar-refractivity contribution in [1.29, 1.82) is 0 Å². The molecule has 0 fully saturated rings. The number of carbonyl (C=O) groups is 1. The molecule has 2 heterocycles. The lowest BCUT2D eigenvalue weighted by atomic mass is 10.1. The predicted octanol–water partition coefficient (Wildman–Crippen LogP) is 3.43. The van der Waals surface area contributed by atoms with Crippen molar-refractivity contribution >= 4 is 16.9 Å². The van der Waals surface area contributed by atoms with E-state index >= 15 is 0 Å². The molecule has 21 heavy (non-hydrogen) atoms. The monoisotopic (exact) mass is 283 g/mol. The van der Waals surface area contributed by atoms with Crippen molar-refractivity contribution in [3.05, 3.63) is 54.2 Å². The van der Waals surface area contributed by atoms with Crippen LogP contribution in [0.5, 0.6) is 0 Å². The third kappa shape index (κ3) is 2.81. The van der Waals surface area contributed by atoms with Crippen LogP contribution in [-0.2, 0) is 0 Å². The Balaban J connectivity index is 1.85. The highest BCUT2D eigenvalue weighted by Gasteiger charge is 2.19. The number of fused-ring (bicyclic) bond motifs is 1. The van der Waals surface area contributed by atoms with Gasteiger partial charge in [-0.25, -0.2) is 4.98 Å². The summed E-state index contributed by atoms with van der Waals surface area (Å²) in [5.74, 6) is 0.865. The number of nitrogens with zero attached hydrogens (tertiary/aromatic N) is 1. The van der Waals surface area contributed by atoms with Crippen molar-refractivity contribution in [3.8, 4) is 0 Å². The van der Waals surface area contributed by atoms with Crippen LogP contribution < -0.4 is 5.32 Å². The number of imidazole rings is 1. The van der Waals surface area contributed by atoms with E-state index in [2.05, 4.69) is 22.2 Å². The molecule has 5 heteroatoms. The van der Waals surface area contributed by atoms with Gasteiger partial charge >= 0.3 is 0 Å². The Morgan fingerprint density at radius 1 is 1.33 bits per heavy atom. The van der Waals surface area contributed by atoms with Crippen molar-refractivity contribution in [1.82, 2.24) is 15.3 Å². The molecular formula is C16H17N3O2. The summed E-state index contributed by atoms with van der Waals surface area (Å²) in [5.41, 5.74) is 1.88. The first-order valence-electron chi connectivity index (χ1n) is 7.07. The summed E-state index contributed by atoms with van der Waals surface area (Å²) >= 11 is 0. The molecule has 0 aliphatic rings. The quantitative estimate of drug-likeness (QED) is 0.753. The van der Waals surface area contributed by atoms with Crippen LogP contribution in [0.15, 0.2) is 47.1 Å². The van der Waals surface area contributed by atoms with Crippen LogP contribution in [0, 0.1) is 0 Å². The molecule has 1 amide bonds. The average Bonchev–Trinajstić information content (AvgIpc) is 3.15. The van der Waals surface area contributed by atoms with E-state index in [-0.39, 0.29) is 11.9 Å². The van der Waals surface area contributed by atoms with Gasteiger partial charge in [-0.3, -0.25) is 4.79 Å². The summed E-state index contributed by atoms with van der Waals surface area (Å²) < 4.78 is 5.13. The van der Waals surface area contributed by atoms with E-state index in [1.165, 1.54) is 6.26 Å². The van der Waals surface area contributed by atoms with E-state index in [0.717, 1.165) is 29.7 Å². The molecule has 0 aliphatic heterocycles. The van der Waals surface area contributed by atoms with Gasteiger partial charge in [0.25, 0.3) is 5.91 Å². The first-order valence-corrected chi connectivity index (χ1v) is 7.07. The average molecular weight is 283 g/mol. The lowest BCUT2D eigenvalue weighted by Crippen LogP contribution is -2.28. The first-order chi connectivity index (χ1) is 10.3. The number of hydrogen-bond acceptors (Lipinski definition) is 3. The van der Waals surface area contributed by atoms with Crippen molar-refractivity contribution in [3.63, 3.8) is 0 Å². The second-order valence-corrected chi connectivity index (χ2v) is 4.93. The van der Waals surface area contributed by atoms with Crippen LogP contribution in [-0.4, -0.2) is 15.9 Å². The molecule has 5 nitrogen and oxygen atoms in total. The molecule has 0 saturated heterocycles. The normalized spacial score (nSPS) is 12.4. The minimum absolute atomic E-state index is 0.153. The molecule has 3 rings (SSSR count). The number of carbonyl (C=O) groups excluding carboxylic acids is 1. The van der Waals surface area contributed by atoms with Gasteiger partial charge in [-0.1, -0.05) is 25.5 Å². The molecule has 0 spiro atoms. The predicted molar refractivity (Wildman–Crippen MR) is 79.9 cm³/mol. The molecular weight excluding hydrogens is 266 g/mol. The smallest absolute Gasteiger partial charge is 0.287 e. The van der Waals surface area contributed by atoms with Gasteiger partial charge < -0.3 is 14.7 Å². The molecule has 0 aliphatic carbocycles. The third-order valence-corrected chi connectivity index (χ3v) is 3.37. The third-order valence-electron chi connectivity index (χ3n) is 3.37. The minimum atomic E-state index is -0.223. The van der Waals surface area contributed by atoms with E-state index in [1.807, 2.05) is 24.3 Å². The summed E-state index contributed by atoms with van der Waals surface area (Å²) in [6.45, 7) is 2.08. The van der Waals surface area contributed by atoms with Crippen LogP contribution in [0.3, 0.4) is 0 Å². The Morgan fingerprint density at radius 3 is 2.90 bits per heavy atom. The highest BCUT2D eigenvalue weighted by atomic mass is 16.3. The largest absolute Gasteiger partial charge is 0.459 e. The SMILES string of the molecule is CCC[C@H](NC(=O)c1ccco1)c1nc2ccccc2[nH]1. The zero-order valence-corrected chi connectivity index (χ0v) is 11.8. The molecule has 1 atom stereocenters. The molecule has 0 radical (unpaired) electrons. The van der Waals surface area contributed by atoms with Crippen LogP contribution in [0.4, 0.5) is 0 Å². The van der Waals surface area contributed by atoms with Crippen LogP contribution >= 0.6 is 0 Å². The summed E-state index contributed by atoms with van der Waals surface area (Å²) in [4.78, 5) is 20.0. The Bertz CT molecular complexity index is 698. The number of nitrogens with one attached hydrogen (secondary N) is 2. The first kappa shape index (κ1) is 13.4. The van der Waals surface area contributed by atoms with E-state index < -0.39 is 0 Å². The summed E-state index contributed by atoms with van der Waals surface area (Å²) in [7, 11) is 0. The number of benzene rings is 1. The second-order valence-electron chi connectivity index (χ2n) is 4.93. The number of amides is 1. The fourth-order valence-corrected chi connectivity index (χ4v) is 2.34. The number of hydrogen-bond donors (Lipinski definition) is 2. The maximum atomic E-state index is 12.1. The molecule has 1 aromatic carbocycles. The number of rotatable bonds is 5. The number of furan rings is 1. The van der Waals surface area contributed by atoms with Gasteiger partial charge in [0.15, 0.2) is 5.76 Å². The van der Waals surface area contributed by atoms with Gasteiger partial charge in [-0.15, -0.1) is 0 Å².